The summed E-state index contributed by atoms with van der Waals surface area (Å²) in [6.45, 7) is 9.34. The number of nitrogens with two attached hydrogens (primary N) is 1. The zero-order valence-electron chi connectivity index (χ0n) is 12.5. The first-order chi connectivity index (χ1) is 8.61. The predicted octanol–water partition coefficient (Wildman–Crippen LogP) is 3.41. The maximum absolute atomic E-state index is 6.00. The molecule has 2 aliphatic rings. The molecule has 0 bridgehead atoms. The van der Waals surface area contributed by atoms with Crippen molar-refractivity contribution >= 4 is 0 Å². The lowest BCUT2D eigenvalue weighted by Gasteiger charge is -2.43. The van der Waals surface area contributed by atoms with Gasteiger partial charge >= 0.3 is 0 Å². The van der Waals surface area contributed by atoms with Crippen LogP contribution in [0.15, 0.2) is 0 Å². The Bertz CT molecular complexity index is 248. The molecule has 1 saturated carbocycles. The van der Waals surface area contributed by atoms with E-state index >= 15 is 0 Å². The molecule has 1 unspecified atom stereocenters. The fourth-order valence-corrected chi connectivity index (χ4v) is 4.20. The molecule has 106 valence electrons. The van der Waals surface area contributed by atoms with Crippen LogP contribution in [0.4, 0.5) is 0 Å². The average Bonchev–Trinajstić information content (AvgIpc) is 2.82. The minimum Gasteiger partial charge on any atom is -0.330 e. The Morgan fingerprint density at radius 1 is 1.11 bits per heavy atom. The number of likely N-dealkylation sites (tertiary alicyclic amines) is 1. The molecule has 1 spiro atoms. The first kappa shape index (κ1) is 14.3. The van der Waals surface area contributed by atoms with Crippen LogP contribution in [0, 0.1) is 10.8 Å². The van der Waals surface area contributed by atoms with E-state index in [0.717, 1.165) is 12.0 Å². The zero-order chi connectivity index (χ0) is 13.1. The summed E-state index contributed by atoms with van der Waals surface area (Å²) < 4.78 is 0. The van der Waals surface area contributed by atoms with Gasteiger partial charge in [-0.2, -0.15) is 0 Å². The molecule has 2 fully saturated rings. The first-order valence-electron chi connectivity index (χ1n) is 8.04. The van der Waals surface area contributed by atoms with Crippen molar-refractivity contribution < 1.29 is 0 Å². The van der Waals surface area contributed by atoms with E-state index in [4.69, 9.17) is 5.73 Å². The van der Waals surface area contributed by atoms with Crippen molar-refractivity contribution in [2.75, 3.05) is 26.2 Å². The van der Waals surface area contributed by atoms with E-state index < -0.39 is 0 Å². The van der Waals surface area contributed by atoms with Gasteiger partial charge < -0.3 is 10.6 Å². The summed E-state index contributed by atoms with van der Waals surface area (Å²) in [6.07, 6.45) is 11.4. The molecule has 18 heavy (non-hydrogen) atoms. The summed E-state index contributed by atoms with van der Waals surface area (Å²) in [5.41, 5.74) is 7.09. The maximum atomic E-state index is 6.00. The molecule has 0 amide bonds. The molecule has 1 aliphatic carbocycles. The van der Waals surface area contributed by atoms with Crippen LogP contribution >= 0.6 is 0 Å². The van der Waals surface area contributed by atoms with Crippen molar-refractivity contribution in [3.8, 4) is 0 Å². The van der Waals surface area contributed by atoms with Crippen molar-refractivity contribution in [3.05, 3.63) is 0 Å². The lowest BCUT2D eigenvalue weighted by Crippen LogP contribution is -2.46. The molecule has 0 radical (unpaired) electrons. The third-order valence-electron chi connectivity index (χ3n) is 5.53. The van der Waals surface area contributed by atoms with Crippen LogP contribution in [0.2, 0.25) is 0 Å². The van der Waals surface area contributed by atoms with Crippen LogP contribution in [-0.2, 0) is 0 Å². The summed E-state index contributed by atoms with van der Waals surface area (Å²) in [4.78, 5) is 2.69. The molecule has 2 N–H and O–H groups in total. The molecule has 1 atom stereocenters. The number of nitrogens with zero attached hydrogens (tertiary/aromatic N) is 1. The highest BCUT2D eigenvalue weighted by Crippen LogP contribution is 2.46. The van der Waals surface area contributed by atoms with Gasteiger partial charge in [0.25, 0.3) is 0 Å². The van der Waals surface area contributed by atoms with Crippen molar-refractivity contribution in [3.63, 3.8) is 0 Å². The second kappa shape index (κ2) is 5.92. The monoisotopic (exact) mass is 252 g/mol. The van der Waals surface area contributed by atoms with E-state index in [1.165, 1.54) is 71.0 Å². The van der Waals surface area contributed by atoms with E-state index in [0.29, 0.717) is 5.41 Å². The third kappa shape index (κ3) is 3.27. The normalized spacial score (nSPS) is 27.5. The molecule has 1 aliphatic heterocycles. The molecule has 0 aromatic rings. The zero-order valence-corrected chi connectivity index (χ0v) is 12.5. The van der Waals surface area contributed by atoms with Crippen LogP contribution in [0.5, 0.6) is 0 Å². The van der Waals surface area contributed by atoms with Gasteiger partial charge in [0.05, 0.1) is 0 Å². The van der Waals surface area contributed by atoms with E-state index in [2.05, 4.69) is 18.7 Å². The van der Waals surface area contributed by atoms with Crippen LogP contribution in [-0.4, -0.2) is 31.1 Å². The Morgan fingerprint density at radius 3 is 2.22 bits per heavy atom. The van der Waals surface area contributed by atoms with Gasteiger partial charge in [-0.3, -0.25) is 0 Å². The van der Waals surface area contributed by atoms with Gasteiger partial charge in [-0.15, -0.1) is 0 Å². The van der Waals surface area contributed by atoms with Gasteiger partial charge in [0.15, 0.2) is 0 Å². The van der Waals surface area contributed by atoms with Crippen molar-refractivity contribution in [1.29, 1.82) is 0 Å². The Kier molecular flexibility index (Phi) is 4.71. The fourth-order valence-electron chi connectivity index (χ4n) is 4.20. The van der Waals surface area contributed by atoms with Crippen molar-refractivity contribution in [2.24, 2.45) is 16.6 Å². The second-order valence-corrected chi connectivity index (χ2v) is 7.25. The smallest absolute Gasteiger partial charge is 0.00474 e. The number of rotatable bonds is 5. The third-order valence-corrected chi connectivity index (χ3v) is 5.53. The highest BCUT2D eigenvalue weighted by atomic mass is 15.1. The predicted molar refractivity (Wildman–Crippen MR) is 78.6 cm³/mol. The standard InChI is InChI=1S/C16H32N2/c1-3-6-15(2,13-17)14-18-11-9-16(10-12-18)7-4-5-8-16/h3-14,17H2,1-2H3. The Hall–Kier alpha value is -0.0800. The molecule has 1 heterocycles. The quantitative estimate of drug-likeness (QED) is 0.812. The molecular weight excluding hydrogens is 220 g/mol. The maximum Gasteiger partial charge on any atom is 0.00474 e. The van der Waals surface area contributed by atoms with E-state index in [1.807, 2.05) is 0 Å². The van der Waals surface area contributed by atoms with Gasteiger partial charge in [0, 0.05) is 6.54 Å². The van der Waals surface area contributed by atoms with Crippen LogP contribution in [0.3, 0.4) is 0 Å². The van der Waals surface area contributed by atoms with Gasteiger partial charge in [-0.25, -0.2) is 0 Å². The topological polar surface area (TPSA) is 29.3 Å². The van der Waals surface area contributed by atoms with E-state index in [-0.39, 0.29) is 0 Å². The highest BCUT2D eigenvalue weighted by molar-refractivity contribution is 4.91. The first-order valence-corrected chi connectivity index (χ1v) is 8.04. The molecular formula is C16H32N2. The Morgan fingerprint density at radius 2 is 1.72 bits per heavy atom. The average molecular weight is 252 g/mol. The lowest BCUT2D eigenvalue weighted by atomic mass is 9.76. The summed E-state index contributed by atoms with van der Waals surface area (Å²) in [5, 5.41) is 0. The minimum atomic E-state index is 0.342. The van der Waals surface area contributed by atoms with Crippen molar-refractivity contribution in [2.45, 2.75) is 65.2 Å². The minimum absolute atomic E-state index is 0.342. The molecule has 2 heteroatoms. The molecule has 1 saturated heterocycles. The molecule has 2 nitrogen and oxygen atoms in total. The van der Waals surface area contributed by atoms with E-state index in [9.17, 15) is 0 Å². The van der Waals surface area contributed by atoms with Gasteiger partial charge in [-0.1, -0.05) is 33.1 Å². The summed E-state index contributed by atoms with van der Waals surface area (Å²) in [6, 6.07) is 0. The SMILES string of the molecule is CCCC(C)(CN)CN1CCC2(CCCC2)CC1. The van der Waals surface area contributed by atoms with Crippen molar-refractivity contribution in [1.82, 2.24) is 4.90 Å². The summed E-state index contributed by atoms with van der Waals surface area (Å²) in [7, 11) is 0. The summed E-state index contributed by atoms with van der Waals surface area (Å²) in [5.74, 6) is 0. The Balaban J connectivity index is 1.82. The molecule has 2 rings (SSSR count). The second-order valence-electron chi connectivity index (χ2n) is 7.25. The molecule has 0 aromatic carbocycles. The number of hydrogen-bond acceptors (Lipinski definition) is 2. The van der Waals surface area contributed by atoms with Crippen LogP contribution < -0.4 is 5.73 Å². The number of piperidine rings is 1. The van der Waals surface area contributed by atoms with Gasteiger partial charge in [0.2, 0.25) is 0 Å². The fraction of sp³-hybridized carbons (Fsp3) is 1.00. The Labute approximate surface area is 113 Å². The highest BCUT2D eigenvalue weighted by Gasteiger charge is 2.38. The van der Waals surface area contributed by atoms with Crippen LogP contribution in [0.1, 0.15) is 65.2 Å². The summed E-state index contributed by atoms with van der Waals surface area (Å²) >= 11 is 0. The van der Waals surface area contributed by atoms with E-state index in [1.54, 1.807) is 0 Å². The van der Waals surface area contributed by atoms with Gasteiger partial charge in [0.1, 0.15) is 0 Å². The van der Waals surface area contributed by atoms with Crippen LogP contribution in [0.25, 0.3) is 0 Å². The largest absolute Gasteiger partial charge is 0.330 e. The molecule has 0 aromatic heterocycles. The number of hydrogen-bond donors (Lipinski definition) is 1. The lowest BCUT2D eigenvalue weighted by molar-refractivity contribution is 0.0723. The van der Waals surface area contributed by atoms with Gasteiger partial charge in [-0.05, 0) is 62.6 Å².